The van der Waals surface area contributed by atoms with E-state index in [1.165, 1.54) is 11.3 Å². The van der Waals surface area contributed by atoms with Crippen LogP contribution in [0.3, 0.4) is 0 Å². The molecule has 2 aromatic rings. The Labute approximate surface area is 140 Å². The molecule has 0 bridgehead atoms. The molecule has 3 N–H and O–H groups in total. The highest BCUT2D eigenvalue weighted by molar-refractivity contribution is 7.10. The van der Waals surface area contributed by atoms with E-state index >= 15 is 0 Å². The third-order valence-corrected chi connectivity index (χ3v) is 4.53. The van der Waals surface area contributed by atoms with Gasteiger partial charge in [-0.2, -0.15) is 0 Å². The average molecular weight is 334 g/mol. The molecule has 0 aliphatic carbocycles. The summed E-state index contributed by atoms with van der Waals surface area (Å²) in [4.78, 5) is 0.949. The number of thiophene rings is 1. The molecular weight excluding hydrogens is 312 g/mol. The Bertz CT molecular complexity index is 650. The summed E-state index contributed by atoms with van der Waals surface area (Å²) in [6.45, 7) is 1.84. The third-order valence-electron chi connectivity index (χ3n) is 3.55. The summed E-state index contributed by atoms with van der Waals surface area (Å²) >= 11 is 1.54. The summed E-state index contributed by atoms with van der Waals surface area (Å²) in [5.41, 5.74) is 4.18. The van der Waals surface area contributed by atoms with Gasteiger partial charge in [0.05, 0.1) is 6.10 Å². The van der Waals surface area contributed by atoms with Gasteiger partial charge in [0, 0.05) is 17.7 Å². The van der Waals surface area contributed by atoms with Crippen LogP contribution in [0.2, 0.25) is 0 Å². The maximum absolute atomic E-state index is 10.2. The molecule has 23 heavy (non-hydrogen) atoms. The minimum Gasteiger partial charge on any atom is -0.461 e. The smallest absolute Gasteiger partial charge is 0.133 e. The summed E-state index contributed by atoms with van der Waals surface area (Å²) in [6.07, 6.45) is 2.21. The lowest BCUT2D eigenvalue weighted by Gasteiger charge is -2.09. The topological polar surface area (TPSA) is 73.8 Å². The predicted molar refractivity (Wildman–Crippen MR) is 90.0 cm³/mol. The first kappa shape index (κ1) is 17.7. The van der Waals surface area contributed by atoms with Crippen molar-refractivity contribution in [2.24, 2.45) is 0 Å². The molecule has 0 saturated carbocycles. The summed E-state index contributed by atoms with van der Waals surface area (Å²) in [7, 11) is 0. The van der Waals surface area contributed by atoms with E-state index in [1.807, 2.05) is 24.4 Å². The predicted octanol–water partition coefficient (Wildman–Crippen LogP) is 3.87. The molecule has 5 heteroatoms. The number of hydrogen-bond donors (Lipinski definition) is 3. The van der Waals surface area contributed by atoms with Crippen LogP contribution in [0.4, 0.5) is 0 Å². The number of furan rings is 1. The molecule has 0 aliphatic heterocycles. The Morgan fingerprint density at radius 1 is 1.30 bits per heavy atom. The van der Waals surface area contributed by atoms with Gasteiger partial charge in [-0.05, 0) is 41.6 Å². The minimum atomic E-state index is -0.761. The molecule has 2 atom stereocenters. The van der Waals surface area contributed by atoms with Crippen molar-refractivity contribution in [1.82, 2.24) is 0 Å². The Hall–Kier alpha value is -1.62. The van der Waals surface area contributed by atoms with Crippen LogP contribution in [0, 0.1) is 0 Å². The highest BCUT2D eigenvalue weighted by atomic mass is 32.1. The summed E-state index contributed by atoms with van der Waals surface area (Å²) in [5, 5.41) is 31.1. The standard InChI is InChI=1S/C18H22O4S/c1-2-13(11-16(21)18-7-4-10-23-18)5-3-6-15(20)17-9-8-14(12-19)22-17/h3-4,7-10,15-16,19-21H,2,6,11-12H2,1H3/t5?,15-,16-/m1/s1. The fraction of sp³-hybridized carbons (Fsp3) is 0.389. The van der Waals surface area contributed by atoms with E-state index in [-0.39, 0.29) is 6.61 Å². The molecule has 124 valence electrons. The highest BCUT2D eigenvalue weighted by Gasteiger charge is 2.12. The fourth-order valence-electron chi connectivity index (χ4n) is 2.21. The van der Waals surface area contributed by atoms with Gasteiger partial charge in [-0.3, -0.25) is 0 Å². The number of rotatable bonds is 8. The van der Waals surface area contributed by atoms with E-state index in [1.54, 1.807) is 18.2 Å². The first-order valence-electron chi connectivity index (χ1n) is 7.66. The van der Waals surface area contributed by atoms with Gasteiger partial charge in [-0.25, -0.2) is 0 Å². The van der Waals surface area contributed by atoms with Crippen LogP contribution in [0.15, 0.2) is 51.4 Å². The third kappa shape index (κ3) is 5.20. The average Bonchev–Trinajstić information content (AvgIpc) is 3.24. The molecule has 0 aliphatic rings. The number of hydrogen-bond acceptors (Lipinski definition) is 5. The lowest BCUT2D eigenvalue weighted by atomic mass is 10.1. The lowest BCUT2D eigenvalue weighted by molar-refractivity contribution is 0.145. The molecule has 0 spiro atoms. The van der Waals surface area contributed by atoms with E-state index in [4.69, 9.17) is 9.52 Å². The fourth-order valence-corrected chi connectivity index (χ4v) is 2.92. The molecule has 2 aromatic heterocycles. The van der Waals surface area contributed by atoms with E-state index in [9.17, 15) is 10.2 Å². The van der Waals surface area contributed by atoms with Crippen LogP contribution in [0.5, 0.6) is 0 Å². The van der Waals surface area contributed by atoms with Gasteiger partial charge in [0.1, 0.15) is 24.2 Å². The van der Waals surface area contributed by atoms with Gasteiger partial charge in [0.25, 0.3) is 0 Å². The van der Waals surface area contributed by atoms with Gasteiger partial charge >= 0.3 is 0 Å². The second kappa shape index (κ2) is 8.87. The van der Waals surface area contributed by atoms with Crippen LogP contribution in [0.1, 0.15) is 54.8 Å². The van der Waals surface area contributed by atoms with E-state index in [2.05, 4.69) is 5.73 Å². The summed E-state index contributed by atoms with van der Waals surface area (Å²) in [5.74, 6) is 0.871. The normalized spacial score (nSPS) is 13.4. The molecular formula is C18H22O4S. The zero-order chi connectivity index (χ0) is 16.7. The van der Waals surface area contributed by atoms with E-state index < -0.39 is 12.2 Å². The second-order valence-electron chi connectivity index (χ2n) is 5.25. The van der Waals surface area contributed by atoms with Crippen molar-refractivity contribution in [3.8, 4) is 0 Å². The molecule has 0 unspecified atom stereocenters. The van der Waals surface area contributed by atoms with Crippen molar-refractivity contribution < 1.29 is 19.7 Å². The zero-order valence-corrected chi connectivity index (χ0v) is 13.9. The number of aliphatic hydroxyl groups excluding tert-OH is 3. The molecule has 0 radical (unpaired) electrons. The van der Waals surface area contributed by atoms with Crippen LogP contribution in [-0.2, 0) is 6.61 Å². The lowest BCUT2D eigenvalue weighted by Crippen LogP contribution is -1.96. The number of aliphatic hydroxyl groups is 3. The quantitative estimate of drug-likeness (QED) is 0.641. The monoisotopic (exact) mass is 334 g/mol. The van der Waals surface area contributed by atoms with Crippen LogP contribution in [0.25, 0.3) is 0 Å². The van der Waals surface area contributed by atoms with Crippen molar-refractivity contribution in [2.45, 2.75) is 45.0 Å². The second-order valence-corrected chi connectivity index (χ2v) is 6.23. The molecule has 0 fully saturated rings. The minimum absolute atomic E-state index is 0.178. The Balaban J connectivity index is 1.95. The summed E-state index contributed by atoms with van der Waals surface area (Å²) < 4.78 is 5.30. The van der Waals surface area contributed by atoms with Crippen molar-refractivity contribution >= 4 is 11.3 Å². The van der Waals surface area contributed by atoms with E-state index in [0.29, 0.717) is 24.4 Å². The Kier molecular flexibility index (Phi) is 6.84. The van der Waals surface area contributed by atoms with Gasteiger partial charge in [-0.1, -0.05) is 13.0 Å². The van der Waals surface area contributed by atoms with Crippen molar-refractivity contribution in [1.29, 1.82) is 0 Å². The molecule has 2 heterocycles. The van der Waals surface area contributed by atoms with E-state index in [0.717, 1.165) is 16.9 Å². The molecule has 0 aromatic carbocycles. The highest BCUT2D eigenvalue weighted by Crippen LogP contribution is 2.26. The van der Waals surface area contributed by atoms with Crippen molar-refractivity contribution in [2.75, 3.05) is 0 Å². The van der Waals surface area contributed by atoms with Gasteiger partial charge in [0.2, 0.25) is 0 Å². The largest absolute Gasteiger partial charge is 0.461 e. The Morgan fingerprint density at radius 3 is 2.74 bits per heavy atom. The van der Waals surface area contributed by atoms with Gasteiger partial charge in [0.15, 0.2) is 0 Å². The first-order valence-corrected chi connectivity index (χ1v) is 8.53. The van der Waals surface area contributed by atoms with Crippen LogP contribution in [-0.4, -0.2) is 15.3 Å². The molecule has 2 rings (SSSR count). The van der Waals surface area contributed by atoms with Crippen LogP contribution >= 0.6 is 11.3 Å². The molecule has 0 saturated heterocycles. The van der Waals surface area contributed by atoms with Crippen molar-refractivity contribution in [3.05, 3.63) is 63.4 Å². The van der Waals surface area contributed by atoms with Crippen molar-refractivity contribution in [3.63, 3.8) is 0 Å². The van der Waals surface area contributed by atoms with Gasteiger partial charge < -0.3 is 19.7 Å². The maximum atomic E-state index is 10.2. The molecule has 4 nitrogen and oxygen atoms in total. The SMILES string of the molecule is CCC(=C=CC[C@@H](O)c1ccc(CO)o1)C[C@@H](O)c1cccs1. The summed E-state index contributed by atoms with van der Waals surface area (Å²) in [6, 6.07) is 7.16. The zero-order valence-electron chi connectivity index (χ0n) is 13.1. The van der Waals surface area contributed by atoms with Crippen LogP contribution < -0.4 is 0 Å². The van der Waals surface area contributed by atoms with Gasteiger partial charge in [-0.15, -0.1) is 17.1 Å². The molecule has 0 amide bonds. The first-order chi connectivity index (χ1) is 11.1. The maximum Gasteiger partial charge on any atom is 0.133 e. The Morgan fingerprint density at radius 2 is 2.13 bits per heavy atom.